The van der Waals surface area contributed by atoms with Gasteiger partial charge in [0.1, 0.15) is 5.75 Å². The van der Waals surface area contributed by atoms with Gasteiger partial charge in [-0.3, -0.25) is 0 Å². The van der Waals surface area contributed by atoms with Crippen molar-refractivity contribution < 1.29 is 4.74 Å². The van der Waals surface area contributed by atoms with Crippen LogP contribution in [0.25, 0.3) is 0 Å². The van der Waals surface area contributed by atoms with Crippen molar-refractivity contribution in [3.8, 4) is 5.75 Å². The molecule has 0 aliphatic carbocycles. The van der Waals surface area contributed by atoms with Crippen molar-refractivity contribution in [2.75, 3.05) is 14.2 Å². The highest BCUT2D eigenvalue weighted by Gasteiger charge is 2.17. The first kappa shape index (κ1) is 14.1. The van der Waals surface area contributed by atoms with Gasteiger partial charge in [-0.1, -0.05) is 12.1 Å². The quantitative estimate of drug-likeness (QED) is 0.911. The first-order valence-electron chi connectivity index (χ1n) is 6.44. The Morgan fingerprint density at radius 2 is 1.74 bits per heavy atom. The van der Waals surface area contributed by atoms with Crippen LogP contribution in [0, 0.1) is 20.8 Å². The summed E-state index contributed by atoms with van der Waals surface area (Å²) in [7, 11) is 3.72. The van der Waals surface area contributed by atoms with Gasteiger partial charge in [-0.25, -0.2) is 0 Å². The van der Waals surface area contributed by atoms with Crippen LogP contribution in [0.4, 0.5) is 0 Å². The monoisotopic (exact) mass is 275 g/mol. The zero-order valence-electron chi connectivity index (χ0n) is 12.2. The van der Waals surface area contributed by atoms with E-state index in [4.69, 9.17) is 4.74 Å². The molecule has 0 aliphatic heterocycles. The Kier molecular flexibility index (Phi) is 4.27. The van der Waals surface area contributed by atoms with Crippen molar-refractivity contribution in [1.29, 1.82) is 0 Å². The van der Waals surface area contributed by atoms with Gasteiger partial charge in [-0.15, -0.1) is 11.3 Å². The molecular weight excluding hydrogens is 254 g/mol. The van der Waals surface area contributed by atoms with Crippen LogP contribution < -0.4 is 10.1 Å². The van der Waals surface area contributed by atoms with Gasteiger partial charge < -0.3 is 10.1 Å². The van der Waals surface area contributed by atoms with Crippen molar-refractivity contribution in [3.63, 3.8) is 0 Å². The van der Waals surface area contributed by atoms with Crippen LogP contribution in [-0.2, 0) is 0 Å². The molecule has 2 rings (SSSR count). The molecule has 102 valence electrons. The summed E-state index contributed by atoms with van der Waals surface area (Å²) in [5, 5.41) is 5.47. The predicted octanol–water partition coefficient (Wildman–Crippen LogP) is 3.99. The van der Waals surface area contributed by atoms with E-state index in [0.29, 0.717) is 0 Å². The third-order valence-corrected chi connectivity index (χ3v) is 4.57. The van der Waals surface area contributed by atoms with Crippen molar-refractivity contribution >= 4 is 11.3 Å². The lowest BCUT2D eigenvalue weighted by atomic mass is 9.95. The van der Waals surface area contributed by atoms with Crippen LogP contribution in [0.5, 0.6) is 5.75 Å². The smallest absolute Gasteiger partial charge is 0.129 e. The van der Waals surface area contributed by atoms with Crippen molar-refractivity contribution in [2.45, 2.75) is 26.8 Å². The molecule has 1 heterocycles. The van der Waals surface area contributed by atoms with Gasteiger partial charge in [0.2, 0.25) is 0 Å². The maximum absolute atomic E-state index is 5.28. The van der Waals surface area contributed by atoms with E-state index in [1.807, 2.05) is 7.05 Å². The summed E-state index contributed by atoms with van der Waals surface area (Å²) in [6.07, 6.45) is 0. The molecule has 0 spiro atoms. The van der Waals surface area contributed by atoms with Gasteiger partial charge in [-0.2, -0.15) is 0 Å². The third kappa shape index (κ3) is 2.82. The molecule has 0 saturated heterocycles. The Bertz CT molecular complexity index is 574. The van der Waals surface area contributed by atoms with Crippen LogP contribution in [-0.4, -0.2) is 14.2 Å². The fourth-order valence-electron chi connectivity index (χ4n) is 2.34. The number of methoxy groups -OCH3 is 1. The Morgan fingerprint density at radius 3 is 2.32 bits per heavy atom. The molecule has 0 bridgehead atoms. The summed E-state index contributed by atoms with van der Waals surface area (Å²) < 4.78 is 5.28. The number of thiophene rings is 1. The lowest BCUT2D eigenvalue weighted by Crippen LogP contribution is -2.18. The number of hydrogen-bond donors (Lipinski definition) is 1. The van der Waals surface area contributed by atoms with Gasteiger partial charge in [0, 0.05) is 10.3 Å². The summed E-state index contributed by atoms with van der Waals surface area (Å²) in [6.45, 7) is 6.51. The lowest BCUT2D eigenvalue weighted by molar-refractivity contribution is 0.416. The van der Waals surface area contributed by atoms with Gasteiger partial charge in [-0.05, 0) is 56.1 Å². The molecule has 3 heteroatoms. The van der Waals surface area contributed by atoms with E-state index in [9.17, 15) is 0 Å². The highest BCUT2D eigenvalue weighted by molar-refractivity contribution is 7.10. The van der Waals surface area contributed by atoms with Crippen LogP contribution in [0.3, 0.4) is 0 Å². The number of aryl methyl sites for hydroxylation is 3. The third-order valence-electron chi connectivity index (χ3n) is 3.60. The van der Waals surface area contributed by atoms with E-state index >= 15 is 0 Å². The second kappa shape index (κ2) is 5.76. The fraction of sp³-hybridized carbons (Fsp3) is 0.375. The molecule has 0 saturated carbocycles. The van der Waals surface area contributed by atoms with E-state index in [-0.39, 0.29) is 6.04 Å². The summed E-state index contributed by atoms with van der Waals surface area (Å²) >= 11 is 1.73. The largest absolute Gasteiger partial charge is 0.496 e. The van der Waals surface area contributed by atoms with Crippen LogP contribution in [0.15, 0.2) is 23.6 Å². The van der Waals surface area contributed by atoms with Gasteiger partial charge in [0.15, 0.2) is 0 Å². The molecule has 19 heavy (non-hydrogen) atoms. The van der Waals surface area contributed by atoms with Crippen molar-refractivity contribution in [1.82, 2.24) is 5.32 Å². The minimum atomic E-state index is 0.230. The molecule has 0 amide bonds. The Hall–Kier alpha value is -1.32. The second-order valence-corrected chi connectivity index (χ2v) is 5.85. The average molecular weight is 275 g/mol. The summed E-state index contributed by atoms with van der Waals surface area (Å²) in [4.78, 5) is 1.28. The van der Waals surface area contributed by atoms with E-state index in [1.165, 1.54) is 27.1 Å². The van der Waals surface area contributed by atoms with Gasteiger partial charge in [0.05, 0.1) is 13.2 Å². The van der Waals surface area contributed by atoms with Crippen LogP contribution >= 0.6 is 11.3 Å². The van der Waals surface area contributed by atoms with Crippen molar-refractivity contribution in [2.24, 2.45) is 0 Å². The zero-order valence-corrected chi connectivity index (χ0v) is 13.0. The topological polar surface area (TPSA) is 21.3 Å². The lowest BCUT2D eigenvalue weighted by Gasteiger charge is -2.19. The number of benzene rings is 1. The molecule has 1 atom stereocenters. The number of ether oxygens (including phenoxy) is 1. The number of rotatable bonds is 4. The number of hydrogen-bond acceptors (Lipinski definition) is 3. The number of nitrogens with one attached hydrogen (secondary N) is 1. The summed E-state index contributed by atoms with van der Waals surface area (Å²) in [5.74, 6) is 0.932. The predicted molar refractivity (Wildman–Crippen MR) is 82.4 cm³/mol. The molecule has 0 aliphatic rings. The maximum Gasteiger partial charge on any atom is 0.129 e. The fourth-order valence-corrected chi connectivity index (χ4v) is 3.32. The van der Waals surface area contributed by atoms with E-state index in [0.717, 1.165) is 5.75 Å². The minimum Gasteiger partial charge on any atom is -0.496 e. The Balaban J connectivity index is 2.44. The second-order valence-electron chi connectivity index (χ2n) is 4.90. The first-order chi connectivity index (χ1) is 9.06. The van der Waals surface area contributed by atoms with Gasteiger partial charge >= 0.3 is 0 Å². The molecule has 1 N–H and O–H groups in total. The highest BCUT2D eigenvalue weighted by atomic mass is 32.1. The molecular formula is C16H21NOS. The minimum absolute atomic E-state index is 0.230. The van der Waals surface area contributed by atoms with E-state index in [2.05, 4.69) is 49.7 Å². The molecule has 0 fully saturated rings. The SMILES string of the molecule is CNC(c1cc(OC)cs1)c1cc(C)c(C)cc1C. The Labute approximate surface area is 119 Å². The normalized spacial score (nSPS) is 12.5. The van der Waals surface area contributed by atoms with Crippen LogP contribution in [0.1, 0.15) is 33.2 Å². The molecule has 1 aromatic carbocycles. The molecule has 2 aromatic rings. The average Bonchev–Trinajstić information content (AvgIpc) is 2.85. The van der Waals surface area contributed by atoms with Gasteiger partial charge in [0.25, 0.3) is 0 Å². The first-order valence-corrected chi connectivity index (χ1v) is 7.32. The molecule has 0 radical (unpaired) electrons. The summed E-state index contributed by atoms with van der Waals surface area (Å²) in [5.41, 5.74) is 5.36. The maximum atomic E-state index is 5.28. The zero-order chi connectivity index (χ0) is 14.0. The highest BCUT2D eigenvalue weighted by Crippen LogP contribution is 2.33. The molecule has 1 unspecified atom stereocenters. The molecule has 2 nitrogen and oxygen atoms in total. The Morgan fingerprint density at radius 1 is 1.05 bits per heavy atom. The standard InChI is InChI=1S/C16H21NOS/c1-10-6-12(3)14(7-11(10)2)16(17-4)15-8-13(18-5)9-19-15/h6-9,16-17H,1-5H3. The van der Waals surface area contributed by atoms with Crippen molar-refractivity contribution in [3.05, 3.63) is 50.7 Å². The van der Waals surface area contributed by atoms with E-state index in [1.54, 1.807) is 18.4 Å². The summed E-state index contributed by atoms with van der Waals surface area (Å²) in [6, 6.07) is 6.89. The van der Waals surface area contributed by atoms with E-state index < -0.39 is 0 Å². The molecule has 1 aromatic heterocycles. The van der Waals surface area contributed by atoms with Crippen LogP contribution in [0.2, 0.25) is 0 Å².